The molecule has 0 bridgehead atoms. The number of carbonyl (C=O) groups is 1. The molecule has 66 valence electrons. The maximum absolute atomic E-state index is 10.3. The van der Waals surface area contributed by atoms with Crippen molar-refractivity contribution in [1.82, 2.24) is 9.38 Å². The van der Waals surface area contributed by atoms with Crippen molar-refractivity contribution in [3.8, 4) is 0 Å². The molecule has 0 aliphatic rings. The van der Waals surface area contributed by atoms with Gasteiger partial charge in [-0.2, -0.15) is 0 Å². The molecular weight excluding hydrogens is 188 g/mol. The van der Waals surface area contributed by atoms with E-state index in [2.05, 4.69) is 4.98 Å². The maximum Gasteiger partial charge on any atom is 0.154 e. The van der Waals surface area contributed by atoms with Crippen molar-refractivity contribution >= 4 is 23.4 Å². The van der Waals surface area contributed by atoms with Crippen LogP contribution in [0, 0.1) is 0 Å². The minimum absolute atomic E-state index is 0.422. The number of aromatic nitrogens is 2. The molecule has 2 rings (SSSR count). The van der Waals surface area contributed by atoms with E-state index in [-0.39, 0.29) is 0 Å². The summed E-state index contributed by atoms with van der Waals surface area (Å²) in [5, 5.41) is 0.484. The molecule has 2 heterocycles. The summed E-state index contributed by atoms with van der Waals surface area (Å²) in [6, 6.07) is 3.73. The predicted molar refractivity (Wildman–Crippen MR) is 50.0 cm³/mol. The monoisotopic (exact) mass is 194 g/mol. The molecule has 0 fully saturated rings. The Morgan fingerprint density at radius 2 is 2.38 bits per heavy atom. The van der Waals surface area contributed by atoms with E-state index >= 15 is 0 Å². The largest absolute Gasteiger partial charge is 0.304 e. The zero-order chi connectivity index (χ0) is 9.26. The number of pyridine rings is 1. The number of carbonyl (C=O) groups excluding carboxylic acids is 1. The quantitative estimate of drug-likeness (QED) is 0.683. The van der Waals surface area contributed by atoms with Gasteiger partial charge in [-0.25, -0.2) is 4.98 Å². The van der Waals surface area contributed by atoms with Crippen LogP contribution in [-0.2, 0) is 11.2 Å². The van der Waals surface area contributed by atoms with Crippen molar-refractivity contribution < 1.29 is 4.79 Å². The number of fused-ring (bicyclic) bond motifs is 1. The Morgan fingerprint density at radius 1 is 1.54 bits per heavy atom. The van der Waals surface area contributed by atoms with E-state index in [4.69, 9.17) is 11.6 Å². The van der Waals surface area contributed by atoms with Gasteiger partial charge in [-0.15, -0.1) is 0 Å². The van der Waals surface area contributed by atoms with Gasteiger partial charge in [-0.3, -0.25) is 0 Å². The Morgan fingerprint density at radius 3 is 3.15 bits per heavy atom. The zero-order valence-electron chi connectivity index (χ0n) is 6.77. The molecule has 0 aliphatic heterocycles. The number of nitrogens with zero attached hydrogens (tertiary/aromatic N) is 2. The fourth-order valence-electron chi connectivity index (χ4n) is 1.23. The predicted octanol–water partition coefficient (Wildman–Crippen LogP) is 1.73. The highest BCUT2D eigenvalue weighted by Crippen LogP contribution is 2.15. The van der Waals surface area contributed by atoms with Gasteiger partial charge in [0.15, 0.2) is 5.15 Å². The van der Waals surface area contributed by atoms with Gasteiger partial charge in [0.25, 0.3) is 0 Å². The van der Waals surface area contributed by atoms with Crippen LogP contribution in [0.1, 0.15) is 5.56 Å². The number of imidazole rings is 1. The molecule has 0 saturated heterocycles. The highest BCUT2D eigenvalue weighted by atomic mass is 35.5. The van der Waals surface area contributed by atoms with Gasteiger partial charge in [0, 0.05) is 12.6 Å². The van der Waals surface area contributed by atoms with Gasteiger partial charge in [0.1, 0.15) is 12.6 Å². The second-order valence-corrected chi connectivity index (χ2v) is 3.09. The molecule has 0 unspecified atom stereocenters. The molecule has 13 heavy (non-hydrogen) atoms. The van der Waals surface area contributed by atoms with E-state index in [1.54, 1.807) is 10.7 Å². The summed E-state index contributed by atoms with van der Waals surface area (Å²) in [5.74, 6) is 0. The third kappa shape index (κ3) is 1.42. The number of rotatable bonds is 2. The molecule has 0 amide bonds. The standard InChI is InChI=1S/C9H7ClN2O/c10-9-8-2-1-7(3-4-13)5-12(8)6-11-9/h1-2,4-6H,3H2. The minimum atomic E-state index is 0.422. The molecule has 4 heteroatoms. The molecule has 0 radical (unpaired) electrons. The second kappa shape index (κ2) is 3.18. The van der Waals surface area contributed by atoms with Crippen LogP contribution in [-0.4, -0.2) is 15.7 Å². The van der Waals surface area contributed by atoms with Gasteiger partial charge in [0.2, 0.25) is 0 Å². The summed E-state index contributed by atoms with van der Waals surface area (Å²) >= 11 is 5.80. The van der Waals surface area contributed by atoms with Crippen molar-refractivity contribution in [2.75, 3.05) is 0 Å². The third-order valence-electron chi connectivity index (χ3n) is 1.86. The summed E-state index contributed by atoms with van der Waals surface area (Å²) in [6.07, 6.45) is 4.78. The van der Waals surface area contributed by atoms with Crippen LogP contribution in [0.2, 0.25) is 5.15 Å². The van der Waals surface area contributed by atoms with Crippen molar-refractivity contribution in [1.29, 1.82) is 0 Å². The molecule has 2 aromatic rings. The fourth-order valence-corrected chi connectivity index (χ4v) is 1.43. The third-order valence-corrected chi connectivity index (χ3v) is 2.16. The molecule has 3 nitrogen and oxygen atoms in total. The molecule has 0 spiro atoms. The van der Waals surface area contributed by atoms with Gasteiger partial charge in [-0.05, 0) is 11.6 Å². The Kier molecular flexibility index (Phi) is 2.02. The van der Waals surface area contributed by atoms with E-state index in [0.29, 0.717) is 11.6 Å². The maximum atomic E-state index is 10.3. The first-order valence-electron chi connectivity index (χ1n) is 3.86. The van der Waals surface area contributed by atoms with Crippen LogP contribution in [0.5, 0.6) is 0 Å². The molecule has 0 N–H and O–H groups in total. The number of hydrogen-bond donors (Lipinski definition) is 0. The lowest BCUT2D eigenvalue weighted by atomic mass is 10.2. The molecule has 0 aromatic carbocycles. The van der Waals surface area contributed by atoms with Gasteiger partial charge in [-0.1, -0.05) is 17.7 Å². The summed E-state index contributed by atoms with van der Waals surface area (Å²) in [7, 11) is 0. The Bertz CT molecular complexity index is 450. The molecule has 0 saturated carbocycles. The van der Waals surface area contributed by atoms with Gasteiger partial charge >= 0.3 is 0 Å². The smallest absolute Gasteiger partial charge is 0.154 e. The molecule has 0 atom stereocenters. The van der Waals surface area contributed by atoms with E-state index in [1.807, 2.05) is 18.3 Å². The summed E-state index contributed by atoms with van der Waals surface area (Å²) in [4.78, 5) is 14.2. The molecule has 0 aliphatic carbocycles. The summed E-state index contributed by atoms with van der Waals surface area (Å²) in [5.41, 5.74) is 1.81. The van der Waals surface area contributed by atoms with E-state index in [9.17, 15) is 4.79 Å². The van der Waals surface area contributed by atoms with Crippen molar-refractivity contribution in [3.05, 3.63) is 35.4 Å². The lowest BCUT2D eigenvalue weighted by Gasteiger charge is -1.97. The molecular formula is C9H7ClN2O. The summed E-state index contributed by atoms with van der Waals surface area (Å²) in [6.45, 7) is 0. The first-order chi connectivity index (χ1) is 6.31. The van der Waals surface area contributed by atoms with Crippen molar-refractivity contribution in [3.63, 3.8) is 0 Å². The average Bonchev–Trinajstić information content (AvgIpc) is 2.48. The number of halogens is 1. The van der Waals surface area contributed by atoms with Crippen LogP contribution in [0.15, 0.2) is 24.7 Å². The first-order valence-corrected chi connectivity index (χ1v) is 4.24. The highest BCUT2D eigenvalue weighted by Gasteiger charge is 2.00. The van der Waals surface area contributed by atoms with E-state index in [0.717, 1.165) is 17.4 Å². The number of aldehydes is 1. The second-order valence-electron chi connectivity index (χ2n) is 2.74. The zero-order valence-corrected chi connectivity index (χ0v) is 7.53. The summed E-state index contributed by atoms with van der Waals surface area (Å²) < 4.78 is 1.81. The van der Waals surface area contributed by atoms with E-state index < -0.39 is 0 Å². The average molecular weight is 195 g/mol. The van der Waals surface area contributed by atoms with Gasteiger partial charge in [0.05, 0.1) is 5.52 Å². The lowest BCUT2D eigenvalue weighted by Crippen LogP contribution is -1.89. The number of hydrogen-bond acceptors (Lipinski definition) is 2. The normalized spacial score (nSPS) is 10.5. The fraction of sp³-hybridized carbons (Fsp3) is 0.111. The Hall–Kier alpha value is -1.35. The van der Waals surface area contributed by atoms with E-state index in [1.165, 1.54) is 0 Å². The van der Waals surface area contributed by atoms with Crippen LogP contribution < -0.4 is 0 Å². The van der Waals surface area contributed by atoms with Crippen molar-refractivity contribution in [2.45, 2.75) is 6.42 Å². The minimum Gasteiger partial charge on any atom is -0.304 e. The van der Waals surface area contributed by atoms with Crippen LogP contribution >= 0.6 is 11.6 Å². The van der Waals surface area contributed by atoms with Gasteiger partial charge < -0.3 is 9.20 Å². The Labute approximate surface area is 80.0 Å². The highest BCUT2D eigenvalue weighted by molar-refractivity contribution is 6.32. The Balaban J connectivity index is 2.56. The van der Waals surface area contributed by atoms with Crippen LogP contribution in [0.25, 0.3) is 5.52 Å². The van der Waals surface area contributed by atoms with Crippen LogP contribution in [0.4, 0.5) is 0 Å². The molecule has 2 aromatic heterocycles. The van der Waals surface area contributed by atoms with Crippen molar-refractivity contribution in [2.24, 2.45) is 0 Å². The van der Waals surface area contributed by atoms with Crippen LogP contribution in [0.3, 0.4) is 0 Å². The lowest BCUT2D eigenvalue weighted by molar-refractivity contribution is -0.107. The topological polar surface area (TPSA) is 34.4 Å². The SMILES string of the molecule is O=CCc1ccc2c(Cl)ncn2c1. The first kappa shape index (κ1) is 8.26.